The molecule has 3 rings (SSSR count). The standard InChI is InChI=1S/C18H31N7O/c1-14-22-23-16(24(14)2)13-20-18(21-15-7-3-4-8-15)19-10-6-12-25-11-5-9-17(25)26/h15H,3-13H2,1-2H3,(H2,19,20,21). The molecule has 2 N–H and O–H groups in total. The maximum Gasteiger partial charge on any atom is 0.222 e. The number of aromatic nitrogens is 3. The van der Waals surface area contributed by atoms with Crippen molar-refractivity contribution in [2.75, 3.05) is 19.6 Å². The first-order chi connectivity index (χ1) is 12.6. The summed E-state index contributed by atoms with van der Waals surface area (Å²) in [6.07, 6.45) is 7.60. The number of hydrogen-bond donors (Lipinski definition) is 2. The van der Waals surface area contributed by atoms with Gasteiger partial charge in [0.2, 0.25) is 5.91 Å². The fourth-order valence-corrected chi connectivity index (χ4v) is 3.57. The SMILES string of the molecule is Cc1nnc(CN=C(NCCCN2CCCC2=O)NC2CCCC2)n1C. The topological polar surface area (TPSA) is 87.4 Å². The van der Waals surface area contributed by atoms with Gasteiger partial charge >= 0.3 is 0 Å². The number of carbonyl (C=O) groups is 1. The van der Waals surface area contributed by atoms with Gasteiger partial charge < -0.3 is 20.1 Å². The van der Waals surface area contributed by atoms with Crippen molar-refractivity contribution in [2.45, 2.75) is 64.5 Å². The Balaban J connectivity index is 1.51. The van der Waals surface area contributed by atoms with Crippen molar-refractivity contribution in [1.82, 2.24) is 30.3 Å². The van der Waals surface area contributed by atoms with Crippen LogP contribution in [0.3, 0.4) is 0 Å². The molecule has 1 aromatic heterocycles. The van der Waals surface area contributed by atoms with Crippen LogP contribution in [0.15, 0.2) is 4.99 Å². The van der Waals surface area contributed by atoms with Crippen molar-refractivity contribution in [3.63, 3.8) is 0 Å². The minimum Gasteiger partial charge on any atom is -0.356 e. The van der Waals surface area contributed by atoms with E-state index in [1.807, 2.05) is 23.4 Å². The van der Waals surface area contributed by atoms with Crippen LogP contribution in [-0.2, 0) is 18.4 Å². The molecule has 0 atom stereocenters. The van der Waals surface area contributed by atoms with Crippen molar-refractivity contribution in [1.29, 1.82) is 0 Å². The monoisotopic (exact) mass is 361 g/mol. The normalized spacial score (nSPS) is 18.8. The van der Waals surface area contributed by atoms with Crippen LogP contribution in [0.4, 0.5) is 0 Å². The summed E-state index contributed by atoms with van der Waals surface area (Å²) in [6.45, 7) is 4.98. The number of aliphatic imine (C=N–C) groups is 1. The zero-order valence-electron chi connectivity index (χ0n) is 16.0. The van der Waals surface area contributed by atoms with E-state index in [1.54, 1.807) is 0 Å². The summed E-state index contributed by atoms with van der Waals surface area (Å²) in [5.74, 6) is 2.88. The van der Waals surface area contributed by atoms with E-state index >= 15 is 0 Å². The first kappa shape index (κ1) is 18.7. The Morgan fingerprint density at radius 3 is 2.73 bits per heavy atom. The number of rotatable bonds is 7. The second-order valence-electron chi connectivity index (χ2n) is 7.28. The summed E-state index contributed by atoms with van der Waals surface area (Å²) in [5, 5.41) is 15.2. The number of aryl methyl sites for hydroxylation is 1. The number of nitrogens with zero attached hydrogens (tertiary/aromatic N) is 5. The average Bonchev–Trinajstić information content (AvgIpc) is 3.35. The molecule has 8 nitrogen and oxygen atoms in total. The molecule has 2 aliphatic rings. The lowest BCUT2D eigenvalue weighted by atomic mass is 10.2. The van der Waals surface area contributed by atoms with Gasteiger partial charge in [-0.1, -0.05) is 12.8 Å². The Labute approximate surface area is 155 Å². The number of hydrogen-bond acceptors (Lipinski definition) is 4. The van der Waals surface area contributed by atoms with E-state index in [0.717, 1.165) is 50.1 Å². The lowest BCUT2D eigenvalue weighted by molar-refractivity contribution is -0.127. The van der Waals surface area contributed by atoms with E-state index in [0.29, 0.717) is 24.9 Å². The van der Waals surface area contributed by atoms with Gasteiger partial charge in [-0.25, -0.2) is 4.99 Å². The summed E-state index contributed by atoms with van der Waals surface area (Å²) in [5.41, 5.74) is 0. The molecule has 1 aliphatic heterocycles. The van der Waals surface area contributed by atoms with E-state index in [-0.39, 0.29) is 0 Å². The van der Waals surface area contributed by atoms with E-state index in [1.165, 1.54) is 25.7 Å². The molecule has 0 aromatic carbocycles. The number of likely N-dealkylation sites (tertiary alicyclic amines) is 1. The molecule has 26 heavy (non-hydrogen) atoms. The van der Waals surface area contributed by atoms with Crippen molar-refractivity contribution < 1.29 is 4.79 Å². The van der Waals surface area contributed by atoms with Crippen LogP contribution in [0.2, 0.25) is 0 Å². The fourth-order valence-electron chi connectivity index (χ4n) is 3.57. The highest BCUT2D eigenvalue weighted by atomic mass is 16.2. The van der Waals surface area contributed by atoms with Crippen molar-refractivity contribution >= 4 is 11.9 Å². The molecule has 2 heterocycles. The van der Waals surface area contributed by atoms with Crippen LogP contribution in [0.5, 0.6) is 0 Å². The summed E-state index contributed by atoms with van der Waals surface area (Å²) in [6, 6.07) is 0.502. The van der Waals surface area contributed by atoms with Crippen LogP contribution < -0.4 is 10.6 Å². The molecule has 1 saturated carbocycles. The molecule has 0 unspecified atom stereocenters. The molecule has 1 saturated heterocycles. The van der Waals surface area contributed by atoms with Gasteiger partial charge in [0, 0.05) is 39.1 Å². The van der Waals surface area contributed by atoms with Gasteiger partial charge in [-0.05, 0) is 32.6 Å². The van der Waals surface area contributed by atoms with E-state index in [2.05, 4.69) is 20.8 Å². The Morgan fingerprint density at radius 1 is 1.27 bits per heavy atom. The molecule has 0 spiro atoms. The molecule has 0 radical (unpaired) electrons. The van der Waals surface area contributed by atoms with Crippen molar-refractivity contribution in [3.8, 4) is 0 Å². The van der Waals surface area contributed by atoms with Crippen molar-refractivity contribution in [2.24, 2.45) is 12.0 Å². The Bertz CT molecular complexity index is 633. The fraction of sp³-hybridized carbons (Fsp3) is 0.778. The quantitative estimate of drug-likeness (QED) is 0.432. The predicted molar refractivity (Wildman–Crippen MR) is 101 cm³/mol. The van der Waals surface area contributed by atoms with Crippen LogP contribution in [0.25, 0.3) is 0 Å². The van der Waals surface area contributed by atoms with Gasteiger partial charge in [0.1, 0.15) is 12.4 Å². The van der Waals surface area contributed by atoms with Crippen molar-refractivity contribution in [3.05, 3.63) is 11.6 Å². The lowest BCUT2D eigenvalue weighted by Crippen LogP contribution is -2.43. The molecule has 8 heteroatoms. The van der Waals surface area contributed by atoms with Gasteiger partial charge in [0.15, 0.2) is 11.8 Å². The van der Waals surface area contributed by atoms with Gasteiger partial charge in [-0.3, -0.25) is 4.79 Å². The van der Waals surface area contributed by atoms with Gasteiger partial charge in [-0.2, -0.15) is 0 Å². The van der Waals surface area contributed by atoms with Crippen LogP contribution in [-0.4, -0.2) is 57.2 Å². The van der Waals surface area contributed by atoms with E-state index in [9.17, 15) is 4.79 Å². The molecule has 1 aliphatic carbocycles. The number of amides is 1. The van der Waals surface area contributed by atoms with Crippen LogP contribution in [0.1, 0.15) is 56.6 Å². The zero-order valence-corrected chi connectivity index (χ0v) is 16.0. The largest absolute Gasteiger partial charge is 0.356 e. The van der Waals surface area contributed by atoms with Crippen LogP contribution in [0, 0.1) is 6.92 Å². The van der Waals surface area contributed by atoms with Gasteiger partial charge in [0.25, 0.3) is 0 Å². The summed E-state index contributed by atoms with van der Waals surface area (Å²) >= 11 is 0. The Hall–Kier alpha value is -2.12. The minimum atomic E-state index is 0.292. The number of guanidine groups is 1. The minimum absolute atomic E-state index is 0.292. The van der Waals surface area contributed by atoms with Crippen LogP contribution >= 0.6 is 0 Å². The summed E-state index contributed by atoms with van der Waals surface area (Å²) in [7, 11) is 1.96. The smallest absolute Gasteiger partial charge is 0.222 e. The first-order valence-electron chi connectivity index (χ1n) is 9.81. The van der Waals surface area contributed by atoms with Gasteiger partial charge in [-0.15, -0.1) is 10.2 Å². The molecule has 2 fully saturated rings. The predicted octanol–water partition coefficient (Wildman–Crippen LogP) is 1.11. The first-order valence-corrected chi connectivity index (χ1v) is 9.81. The Morgan fingerprint density at radius 2 is 2.08 bits per heavy atom. The van der Waals surface area contributed by atoms with E-state index in [4.69, 9.17) is 4.99 Å². The third-order valence-corrected chi connectivity index (χ3v) is 5.33. The molecule has 1 aromatic rings. The molecule has 0 bridgehead atoms. The molecule has 1 amide bonds. The maximum absolute atomic E-state index is 11.7. The number of carbonyl (C=O) groups excluding carboxylic acids is 1. The van der Waals surface area contributed by atoms with E-state index < -0.39 is 0 Å². The second kappa shape index (κ2) is 9.00. The highest BCUT2D eigenvalue weighted by Crippen LogP contribution is 2.17. The third-order valence-electron chi connectivity index (χ3n) is 5.33. The third kappa shape index (κ3) is 4.95. The summed E-state index contributed by atoms with van der Waals surface area (Å²) in [4.78, 5) is 18.3. The molecular formula is C18H31N7O. The summed E-state index contributed by atoms with van der Waals surface area (Å²) < 4.78 is 1.97. The number of nitrogens with one attached hydrogen (secondary N) is 2. The second-order valence-corrected chi connectivity index (χ2v) is 7.28. The van der Waals surface area contributed by atoms with Gasteiger partial charge in [0.05, 0.1) is 0 Å². The zero-order chi connectivity index (χ0) is 18.4. The lowest BCUT2D eigenvalue weighted by Gasteiger charge is -2.19. The average molecular weight is 361 g/mol. The molecule has 144 valence electrons. The highest BCUT2D eigenvalue weighted by molar-refractivity contribution is 5.80. The molecular weight excluding hydrogens is 330 g/mol. The highest BCUT2D eigenvalue weighted by Gasteiger charge is 2.19. The maximum atomic E-state index is 11.7. The Kier molecular flexibility index (Phi) is 6.46.